The monoisotopic (exact) mass is 366 g/mol. The normalized spacial score (nSPS) is 19.4. The Balaban J connectivity index is 1.64. The number of thiophene rings is 2. The van der Waals surface area contributed by atoms with Gasteiger partial charge in [0.05, 0.1) is 20.6 Å². The molecule has 1 fully saturated rings. The zero-order valence-electron chi connectivity index (χ0n) is 14.8. The molecule has 1 aliphatic heterocycles. The number of fused-ring (bicyclic) bond motifs is 5. The molecule has 2 aromatic carbocycles. The maximum absolute atomic E-state index is 6.21. The van der Waals surface area contributed by atoms with Gasteiger partial charge in [0.25, 0.3) is 0 Å². The summed E-state index contributed by atoms with van der Waals surface area (Å²) >= 11 is 3.75. The summed E-state index contributed by atoms with van der Waals surface area (Å²) in [5.74, 6) is 0. The van der Waals surface area contributed by atoms with Crippen molar-refractivity contribution in [3.05, 3.63) is 42.5 Å². The Labute approximate surface area is 155 Å². The van der Waals surface area contributed by atoms with Crippen LogP contribution in [0.4, 0.5) is 0 Å². The highest BCUT2D eigenvalue weighted by Gasteiger charge is 2.51. The van der Waals surface area contributed by atoms with Gasteiger partial charge in [-0.2, -0.15) is 0 Å². The molecule has 5 heteroatoms. The molecule has 0 radical (unpaired) electrons. The summed E-state index contributed by atoms with van der Waals surface area (Å²) < 4.78 is 17.9. The summed E-state index contributed by atoms with van der Waals surface area (Å²) in [5.41, 5.74) is 0.487. The SMILES string of the molecule is CC1(C)OB(c2ccc3c(c2)sc2c4ccccc4sc32)OC1(C)C. The van der Waals surface area contributed by atoms with Gasteiger partial charge in [0.2, 0.25) is 0 Å². The van der Waals surface area contributed by atoms with E-state index < -0.39 is 0 Å². The highest BCUT2D eigenvalue weighted by atomic mass is 32.1. The number of rotatable bonds is 1. The molecule has 0 aliphatic carbocycles. The van der Waals surface area contributed by atoms with E-state index in [4.69, 9.17) is 9.31 Å². The second-order valence-electron chi connectivity index (χ2n) is 7.70. The van der Waals surface area contributed by atoms with Gasteiger partial charge >= 0.3 is 7.12 Å². The van der Waals surface area contributed by atoms with Crippen LogP contribution in [0.5, 0.6) is 0 Å². The molecule has 126 valence electrons. The second kappa shape index (κ2) is 5.07. The third kappa shape index (κ3) is 2.23. The minimum Gasteiger partial charge on any atom is -0.399 e. The van der Waals surface area contributed by atoms with Crippen LogP contribution in [0, 0.1) is 0 Å². The van der Waals surface area contributed by atoms with Gasteiger partial charge in [-0.05, 0) is 45.3 Å². The zero-order chi connectivity index (χ0) is 17.4. The lowest BCUT2D eigenvalue weighted by atomic mass is 9.79. The van der Waals surface area contributed by atoms with Crippen molar-refractivity contribution >= 4 is 64.8 Å². The third-order valence-corrected chi connectivity index (χ3v) is 8.06. The lowest BCUT2D eigenvalue weighted by Gasteiger charge is -2.32. The first-order chi connectivity index (χ1) is 11.9. The Bertz CT molecular complexity index is 1110. The Morgan fingerprint density at radius 1 is 0.760 bits per heavy atom. The smallest absolute Gasteiger partial charge is 0.399 e. The molecular weight excluding hydrogens is 347 g/mol. The number of hydrogen-bond acceptors (Lipinski definition) is 4. The Hall–Kier alpha value is -1.40. The van der Waals surface area contributed by atoms with Crippen LogP contribution in [0.3, 0.4) is 0 Å². The lowest BCUT2D eigenvalue weighted by molar-refractivity contribution is 0.00578. The molecule has 4 aromatic rings. The topological polar surface area (TPSA) is 18.5 Å². The quantitative estimate of drug-likeness (QED) is 0.410. The van der Waals surface area contributed by atoms with Crippen LogP contribution in [-0.4, -0.2) is 18.3 Å². The standard InChI is InChI=1S/C20H19BO2S2/c1-19(2)20(3,4)23-21(22-19)12-9-10-14-16(11-12)25-17-13-7-5-6-8-15(13)24-18(14)17/h5-11H,1-4H3. The highest BCUT2D eigenvalue weighted by molar-refractivity contribution is 7.36. The largest absolute Gasteiger partial charge is 0.494 e. The molecule has 0 saturated carbocycles. The molecule has 1 saturated heterocycles. The summed E-state index contributed by atoms with van der Waals surface area (Å²) in [7, 11) is -0.300. The van der Waals surface area contributed by atoms with E-state index in [1.807, 2.05) is 22.7 Å². The Morgan fingerprint density at radius 2 is 1.36 bits per heavy atom. The van der Waals surface area contributed by atoms with E-state index in [0.717, 1.165) is 5.46 Å². The maximum Gasteiger partial charge on any atom is 0.494 e. The van der Waals surface area contributed by atoms with Crippen LogP contribution in [0.1, 0.15) is 27.7 Å². The minimum atomic E-state index is -0.307. The van der Waals surface area contributed by atoms with Gasteiger partial charge in [0, 0.05) is 20.2 Å². The summed E-state index contributed by atoms with van der Waals surface area (Å²) in [6.45, 7) is 8.38. The first-order valence-corrected chi connectivity index (χ1v) is 10.2. The van der Waals surface area contributed by atoms with Gasteiger partial charge in [0.1, 0.15) is 0 Å². The molecule has 0 N–H and O–H groups in total. The first kappa shape index (κ1) is 15.8. The third-order valence-electron chi connectivity index (χ3n) is 5.54. The second-order valence-corrected chi connectivity index (χ2v) is 9.81. The number of hydrogen-bond donors (Lipinski definition) is 0. The van der Waals surface area contributed by atoms with E-state index in [1.165, 1.54) is 29.6 Å². The number of benzene rings is 2. The summed E-state index contributed by atoms with van der Waals surface area (Å²) in [6, 6.07) is 15.3. The average Bonchev–Trinajstić information content (AvgIpc) is 3.15. The zero-order valence-corrected chi connectivity index (χ0v) is 16.4. The molecule has 0 bridgehead atoms. The molecular formula is C20H19BO2S2. The molecule has 3 heterocycles. The van der Waals surface area contributed by atoms with Crippen molar-refractivity contribution < 1.29 is 9.31 Å². The molecule has 0 unspecified atom stereocenters. The molecule has 0 spiro atoms. The van der Waals surface area contributed by atoms with Gasteiger partial charge in [-0.3, -0.25) is 0 Å². The van der Waals surface area contributed by atoms with Crippen molar-refractivity contribution in [2.75, 3.05) is 0 Å². The average molecular weight is 366 g/mol. The van der Waals surface area contributed by atoms with Gasteiger partial charge in [-0.25, -0.2) is 0 Å². The minimum absolute atomic E-state index is 0.300. The molecule has 0 atom stereocenters. The van der Waals surface area contributed by atoms with E-state index in [-0.39, 0.29) is 18.3 Å². The molecule has 2 nitrogen and oxygen atoms in total. The fraction of sp³-hybridized carbons (Fsp3) is 0.300. The first-order valence-electron chi connectivity index (χ1n) is 8.55. The van der Waals surface area contributed by atoms with Crippen molar-refractivity contribution in [1.29, 1.82) is 0 Å². The molecule has 1 aliphatic rings. The van der Waals surface area contributed by atoms with Crippen LogP contribution in [0.2, 0.25) is 0 Å². The van der Waals surface area contributed by atoms with Crippen LogP contribution < -0.4 is 5.46 Å². The highest BCUT2D eigenvalue weighted by Crippen LogP contribution is 2.44. The predicted molar refractivity (Wildman–Crippen MR) is 110 cm³/mol. The predicted octanol–water partition coefficient (Wildman–Crippen LogP) is 5.57. The fourth-order valence-electron chi connectivity index (χ4n) is 3.35. The van der Waals surface area contributed by atoms with Gasteiger partial charge in [-0.15, -0.1) is 22.7 Å². The van der Waals surface area contributed by atoms with E-state index in [0.29, 0.717) is 0 Å². The summed E-state index contributed by atoms with van der Waals surface area (Å²) in [4.78, 5) is 0. The van der Waals surface area contributed by atoms with Crippen LogP contribution in [0.15, 0.2) is 42.5 Å². The van der Waals surface area contributed by atoms with Crippen LogP contribution >= 0.6 is 22.7 Å². The van der Waals surface area contributed by atoms with Crippen LogP contribution in [0.25, 0.3) is 29.6 Å². The van der Waals surface area contributed by atoms with Gasteiger partial charge < -0.3 is 9.31 Å². The molecule has 2 aromatic heterocycles. The maximum atomic E-state index is 6.21. The van der Waals surface area contributed by atoms with Gasteiger partial charge in [-0.1, -0.05) is 30.3 Å². The van der Waals surface area contributed by atoms with Crippen molar-refractivity contribution in [2.24, 2.45) is 0 Å². The fourth-order valence-corrected chi connectivity index (χ4v) is 6.05. The Kier molecular flexibility index (Phi) is 3.21. The van der Waals surface area contributed by atoms with E-state index in [1.54, 1.807) is 0 Å². The van der Waals surface area contributed by atoms with E-state index >= 15 is 0 Å². The van der Waals surface area contributed by atoms with E-state index in [2.05, 4.69) is 70.2 Å². The molecule has 25 heavy (non-hydrogen) atoms. The van der Waals surface area contributed by atoms with Crippen molar-refractivity contribution in [3.8, 4) is 0 Å². The molecule has 5 rings (SSSR count). The molecule has 0 amide bonds. The van der Waals surface area contributed by atoms with E-state index in [9.17, 15) is 0 Å². The van der Waals surface area contributed by atoms with Crippen LogP contribution in [-0.2, 0) is 9.31 Å². The van der Waals surface area contributed by atoms with Crippen molar-refractivity contribution in [1.82, 2.24) is 0 Å². The van der Waals surface area contributed by atoms with Gasteiger partial charge in [0.15, 0.2) is 0 Å². The lowest BCUT2D eigenvalue weighted by Crippen LogP contribution is -2.41. The Morgan fingerprint density at radius 3 is 2.08 bits per heavy atom. The van der Waals surface area contributed by atoms with Crippen molar-refractivity contribution in [3.63, 3.8) is 0 Å². The summed E-state index contributed by atoms with van der Waals surface area (Å²) in [6.07, 6.45) is 0. The summed E-state index contributed by atoms with van der Waals surface area (Å²) in [5, 5.41) is 2.70. The van der Waals surface area contributed by atoms with Crippen molar-refractivity contribution in [2.45, 2.75) is 38.9 Å².